The van der Waals surface area contributed by atoms with Gasteiger partial charge in [0.15, 0.2) is 0 Å². The number of ether oxygens (including phenoxy) is 1. The van der Waals surface area contributed by atoms with Crippen LogP contribution in [0.2, 0.25) is 0 Å². The molecule has 0 saturated carbocycles. The van der Waals surface area contributed by atoms with Crippen LogP contribution in [0.15, 0.2) is 43.0 Å². The fourth-order valence-electron chi connectivity index (χ4n) is 2.73. The van der Waals surface area contributed by atoms with Gasteiger partial charge in [0.2, 0.25) is 0 Å². The molecule has 0 atom stereocenters. The maximum absolute atomic E-state index is 11.1. The van der Waals surface area contributed by atoms with Crippen LogP contribution < -0.4 is 0 Å². The summed E-state index contributed by atoms with van der Waals surface area (Å²) in [6, 6.07) is 7.96. The van der Waals surface area contributed by atoms with E-state index in [0.717, 1.165) is 17.5 Å². The van der Waals surface area contributed by atoms with Crippen molar-refractivity contribution >= 4 is 23.6 Å². The molecule has 0 heterocycles. The van der Waals surface area contributed by atoms with Gasteiger partial charge in [0.05, 0.1) is 6.61 Å². The van der Waals surface area contributed by atoms with Gasteiger partial charge in [-0.1, -0.05) is 108 Å². The standard InChI is InChI=1S/C16H30O2.C9H9Cl/c1-4-5-6-7-8-9-10-11-12-13-14-18-16(17)15(2)3;1-2-8-5-3-4-6-9(8)7-10/h2,4-14H2,1,3H3;2-6H,1,7H2. The number of carbonyl (C=O) groups excluding carboxylic acids is 1. The molecule has 0 bridgehead atoms. The molecule has 2 nitrogen and oxygen atoms in total. The maximum Gasteiger partial charge on any atom is 0.333 e. The highest BCUT2D eigenvalue weighted by Crippen LogP contribution is 2.12. The van der Waals surface area contributed by atoms with Crippen molar-refractivity contribution in [3.8, 4) is 0 Å². The molecule has 0 radical (unpaired) electrons. The average Bonchev–Trinajstić information content (AvgIpc) is 2.72. The first-order valence-corrected chi connectivity index (χ1v) is 11.2. The molecule has 0 spiro atoms. The van der Waals surface area contributed by atoms with Crippen LogP contribution in [0, 0.1) is 0 Å². The summed E-state index contributed by atoms with van der Waals surface area (Å²) in [5, 5.41) is 0. The zero-order valence-electron chi connectivity index (χ0n) is 18.0. The summed E-state index contributed by atoms with van der Waals surface area (Å²) in [6.45, 7) is 11.7. The summed E-state index contributed by atoms with van der Waals surface area (Å²) >= 11 is 5.66. The van der Waals surface area contributed by atoms with E-state index < -0.39 is 0 Å². The van der Waals surface area contributed by atoms with E-state index in [1.165, 1.54) is 57.8 Å². The van der Waals surface area contributed by atoms with Gasteiger partial charge in [-0.05, 0) is 24.5 Å². The lowest BCUT2D eigenvalue weighted by molar-refractivity contribution is -0.139. The van der Waals surface area contributed by atoms with Gasteiger partial charge in [-0.3, -0.25) is 0 Å². The molecule has 1 rings (SSSR count). The van der Waals surface area contributed by atoms with Crippen LogP contribution >= 0.6 is 11.6 Å². The second-order valence-electron chi connectivity index (χ2n) is 7.13. The molecule has 0 aliphatic heterocycles. The molecular weight excluding hydrogens is 368 g/mol. The Hall–Kier alpha value is -1.54. The molecule has 0 amide bonds. The van der Waals surface area contributed by atoms with E-state index >= 15 is 0 Å². The quantitative estimate of drug-likeness (QED) is 0.135. The second-order valence-corrected chi connectivity index (χ2v) is 7.40. The lowest BCUT2D eigenvalue weighted by atomic mass is 10.1. The lowest BCUT2D eigenvalue weighted by Crippen LogP contribution is -2.05. The third-order valence-corrected chi connectivity index (χ3v) is 4.79. The van der Waals surface area contributed by atoms with Crippen LogP contribution in [-0.4, -0.2) is 12.6 Å². The Labute approximate surface area is 178 Å². The average molecular weight is 407 g/mol. The number of benzene rings is 1. The number of esters is 1. The van der Waals surface area contributed by atoms with Crippen LogP contribution in [0.3, 0.4) is 0 Å². The minimum Gasteiger partial charge on any atom is -0.462 e. The molecule has 28 heavy (non-hydrogen) atoms. The number of hydrogen-bond acceptors (Lipinski definition) is 2. The van der Waals surface area contributed by atoms with E-state index in [4.69, 9.17) is 16.3 Å². The molecular formula is C25H39ClO2. The zero-order chi connectivity index (χ0) is 21.0. The van der Waals surface area contributed by atoms with E-state index in [2.05, 4.69) is 20.1 Å². The molecule has 0 saturated heterocycles. The monoisotopic (exact) mass is 406 g/mol. The van der Waals surface area contributed by atoms with E-state index in [1.807, 2.05) is 30.3 Å². The van der Waals surface area contributed by atoms with E-state index in [-0.39, 0.29) is 5.97 Å². The van der Waals surface area contributed by atoms with E-state index in [1.54, 1.807) is 6.92 Å². The van der Waals surface area contributed by atoms with Gasteiger partial charge in [0.25, 0.3) is 0 Å². The van der Waals surface area contributed by atoms with Gasteiger partial charge < -0.3 is 4.74 Å². The second kappa shape index (κ2) is 18.8. The molecule has 1 aromatic rings. The van der Waals surface area contributed by atoms with Gasteiger partial charge >= 0.3 is 5.97 Å². The fraction of sp³-hybridized carbons (Fsp3) is 0.560. The van der Waals surface area contributed by atoms with Crippen LogP contribution in [0.4, 0.5) is 0 Å². The van der Waals surface area contributed by atoms with Crippen molar-refractivity contribution in [2.45, 2.75) is 83.9 Å². The number of carbonyl (C=O) groups is 1. The highest BCUT2D eigenvalue weighted by Gasteiger charge is 2.01. The van der Waals surface area contributed by atoms with Crippen molar-refractivity contribution in [2.75, 3.05) is 6.61 Å². The number of hydrogen-bond donors (Lipinski definition) is 0. The number of unbranched alkanes of at least 4 members (excludes halogenated alkanes) is 9. The van der Waals surface area contributed by atoms with Crippen molar-refractivity contribution < 1.29 is 9.53 Å². The predicted octanol–water partition coefficient (Wildman–Crippen LogP) is 8.10. The third kappa shape index (κ3) is 14.5. The van der Waals surface area contributed by atoms with Crippen molar-refractivity contribution in [2.24, 2.45) is 0 Å². The van der Waals surface area contributed by atoms with Crippen LogP contribution in [0.5, 0.6) is 0 Å². The summed E-state index contributed by atoms with van der Waals surface area (Å²) in [4.78, 5) is 11.1. The summed E-state index contributed by atoms with van der Waals surface area (Å²) < 4.78 is 5.04. The molecule has 0 aliphatic rings. The molecule has 158 valence electrons. The van der Waals surface area contributed by atoms with Gasteiger partial charge in [-0.2, -0.15) is 0 Å². The third-order valence-electron chi connectivity index (χ3n) is 4.50. The predicted molar refractivity (Wildman–Crippen MR) is 124 cm³/mol. The normalized spacial score (nSPS) is 9.96. The Bertz CT molecular complexity index is 551. The first-order valence-electron chi connectivity index (χ1n) is 10.7. The van der Waals surface area contributed by atoms with E-state index in [0.29, 0.717) is 18.1 Å². The van der Waals surface area contributed by atoms with Gasteiger partial charge in [0, 0.05) is 11.5 Å². The minimum atomic E-state index is -0.258. The fourth-order valence-corrected chi connectivity index (χ4v) is 2.98. The Morgan fingerprint density at radius 3 is 2.00 bits per heavy atom. The largest absolute Gasteiger partial charge is 0.462 e. The zero-order valence-corrected chi connectivity index (χ0v) is 18.7. The highest BCUT2D eigenvalue weighted by atomic mass is 35.5. The van der Waals surface area contributed by atoms with Crippen LogP contribution in [0.1, 0.15) is 89.2 Å². The molecule has 0 unspecified atom stereocenters. The van der Waals surface area contributed by atoms with Crippen molar-refractivity contribution in [1.29, 1.82) is 0 Å². The number of rotatable bonds is 14. The Kier molecular flexibility index (Phi) is 17.8. The molecule has 0 aliphatic carbocycles. The van der Waals surface area contributed by atoms with Gasteiger partial charge in [-0.25, -0.2) is 4.79 Å². The summed E-state index contributed by atoms with van der Waals surface area (Å²) in [6.07, 6.45) is 14.8. The smallest absolute Gasteiger partial charge is 0.333 e. The van der Waals surface area contributed by atoms with Crippen molar-refractivity contribution in [3.05, 3.63) is 54.1 Å². The minimum absolute atomic E-state index is 0.258. The maximum atomic E-state index is 11.1. The summed E-state index contributed by atoms with van der Waals surface area (Å²) in [5.41, 5.74) is 2.75. The Morgan fingerprint density at radius 1 is 1.00 bits per heavy atom. The Balaban J connectivity index is 0.000000609. The number of halogens is 1. The first-order chi connectivity index (χ1) is 13.6. The highest BCUT2D eigenvalue weighted by molar-refractivity contribution is 6.17. The lowest BCUT2D eigenvalue weighted by Gasteiger charge is -2.04. The molecule has 1 aromatic carbocycles. The molecule has 0 aromatic heterocycles. The molecule has 0 fully saturated rings. The van der Waals surface area contributed by atoms with Crippen LogP contribution in [0.25, 0.3) is 6.08 Å². The Morgan fingerprint density at radius 2 is 1.54 bits per heavy atom. The SMILES string of the molecule is C=C(C)C(=O)OCCCCCCCCCCCC.C=Cc1ccccc1CCl. The first kappa shape index (κ1) is 26.5. The summed E-state index contributed by atoms with van der Waals surface area (Å²) in [7, 11) is 0. The van der Waals surface area contributed by atoms with Crippen molar-refractivity contribution in [1.82, 2.24) is 0 Å². The topological polar surface area (TPSA) is 26.3 Å². The molecule has 3 heteroatoms. The van der Waals surface area contributed by atoms with Crippen LogP contribution in [-0.2, 0) is 15.4 Å². The molecule has 0 N–H and O–H groups in total. The van der Waals surface area contributed by atoms with E-state index in [9.17, 15) is 4.79 Å². The van der Waals surface area contributed by atoms with Gasteiger partial charge in [-0.15, -0.1) is 11.6 Å². The van der Waals surface area contributed by atoms with Gasteiger partial charge in [0.1, 0.15) is 0 Å². The number of alkyl halides is 1. The summed E-state index contributed by atoms with van der Waals surface area (Å²) in [5.74, 6) is 0.299. The van der Waals surface area contributed by atoms with Crippen molar-refractivity contribution in [3.63, 3.8) is 0 Å².